The van der Waals surface area contributed by atoms with Crippen LogP contribution in [-0.2, 0) is 24.3 Å². The van der Waals surface area contributed by atoms with E-state index in [1.54, 1.807) is 17.0 Å². The van der Waals surface area contributed by atoms with Gasteiger partial charge in [0.1, 0.15) is 6.04 Å². The highest BCUT2D eigenvalue weighted by molar-refractivity contribution is 7.89. The summed E-state index contributed by atoms with van der Waals surface area (Å²) < 4.78 is 31.7. The maximum atomic E-state index is 12.8. The summed E-state index contributed by atoms with van der Waals surface area (Å²) in [5, 5.41) is 0.476. The van der Waals surface area contributed by atoms with Gasteiger partial charge in [0.05, 0.1) is 12.0 Å². The van der Waals surface area contributed by atoms with E-state index >= 15 is 0 Å². The summed E-state index contributed by atoms with van der Waals surface area (Å²) in [6.07, 6.45) is 2.27. The molecule has 1 amide bonds. The molecule has 2 fully saturated rings. The van der Waals surface area contributed by atoms with Crippen LogP contribution in [0.4, 0.5) is 0 Å². The molecule has 0 radical (unpaired) electrons. The van der Waals surface area contributed by atoms with E-state index in [0.717, 1.165) is 6.42 Å². The fraction of sp³-hybridized carbons (Fsp3) is 0.556. The number of rotatable bonds is 4. The molecule has 2 heterocycles. The van der Waals surface area contributed by atoms with E-state index in [2.05, 4.69) is 0 Å². The minimum absolute atomic E-state index is 0.0774. The first-order chi connectivity index (χ1) is 12.8. The third-order valence-electron chi connectivity index (χ3n) is 5.26. The van der Waals surface area contributed by atoms with Crippen molar-refractivity contribution in [2.24, 2.45) is 5.92 Å². The van der Waals surface area contributed by atoms with Crippen LogP contribution < -0.4 is 0 Å². The molecule has 2 aliphatic heterocycles. The zero-order chi connectivity index (χ0) is 19.6. The van der Waals surface area contributed by atoms with Gasteiger partial charge in [0.25, 0.3) is 0 Å². The van der Waals surface area contributed by atoms with E-state index in [-0.39, 0.29) is 35.8 Å². The summed E-state index contributed by atoms with van der Waals surface area (Å²) in [6, 6.07) is 5.55. The first-order valence-corrected chi connectivity index (χ1v) is 10.8. The molecule has 27 heavy (non-hydrogen) atoms. The molecule has 0 saturated carbocycles. The highest BCUT2D eigenvalue weighted by Crippen LogP contribution is 2.28. The standard InChI is InChI=1S/C18H23ClN2O5S/c1-26-18(23)16-3-2-10-21(16)17(22)13-8-11-20(12-9-13)27(24,25)15-6-4-14(19)5-7-15/h4-7,13,16H,2-3,8-12H2,1H3/t16-/m1/s1. The quantitative estimate of drug-likeness (QED) is 0.702. The minimum Gasteiger partial charge on any atom is -0.467 e. The van der Waals surface area contributed by atoms with Gasteiger partial charge in [-0.15, -0.1) is 0 Å². The van der Waals surface area contributed by atoms with E-state index in [4.69, 9.17) is 16.3 Å². The van der Waals surface area contributed by atoms with Gasteiger partial charge < -0.3 is 9.64 Å². The van der Waals surface area contributed by atoms with Crippen molar-refractivity contribution in [3.8, 4) is 0 Å². The third kappa shape index (κ3) is 4.12. The molecule has 0 spiro atoms. The van der Waals surface area contributed by atoms with E-state index < -0.39 is 16.1 Å². The number of halogens is 1. The van der Waals surface area contributed by atoms with E-state index in [9.17, 15) is 18.0 Å². The Hall–Kier alpha value is -1.64. The Morgan fingerprint density at radius 2 is 1.70 bits per heavy atom. The Balaban J connectivity index is 1.64. The lowest BCUT2D eigenvalue weighted by atomic mass is 9.96. The number of sulfonamides is 1. The summed E-state index contributed by atoms with van der Waals surface area (Å²) >= 11 is 5.82. The average molecular weight is 415 g/mol. The first kappa shape index (κ1) is 20.1. The first-order valence-electron chi connectivity index (χ1n) is 8.98. The molecule has 0 aromatic heterocycles. The highest BCUT2D eigenvalue weighted by atomic mass is 35.5. The topological polar surface area (TPSA) is 84.0 Å². The van der Waals surface area contributed by atoms with Crippen LogP contribution in [-0.4, -0.2) is 62.3 Å². The summed E-state index contributed by atoms with van der Waals surface area (Å²) in [5.41, 5.74) is 0. The summed E-state index contributed by atoms with van der Waals surface area (Å²) in [4.78, 5) is 26.5. The van der Waals surface area contributed by atoms with Gasteiger partial charge in [0.2, 0.25) is 15.9 Å². The molecule has 0 bridgehead atoms. The number of methoxy groups -OCH3 is 1. The molecule has 1 atom stereocenters. The van der Waals surface area contributed by atoms with Crippen LogP contribution in [0.25, 0.3) is 0 Å². The monoisotopic (exact) mass is 414 g/mol. The van der Waals surface area contributed by atoms with Crippen molar-refractivity contribution in [2.45, 2.75) is 36.6 Å². The van der Waals surface area contributed by atoms with E-state index in [1.165, 1.54) is 23.5 Å². The SMILES string of the molecule is COC(=O)[C@H]1CCCN1C(=O)C1CCN(S(=O)(=O)c2ccc(Cl)cc2)CC1. The van der Waals surface area contributed by atoms with Crippen molar-refractivity contribution < 1.29 is 22.7 Å². The van der Waals surface area contributed by atoms with Crippen LogP contribution in [0.15, 0.2) is 29.2 Å². The second-order valence-corrected chi connectivity index (χ2v) is 9.22. The largest absolute Gasteiger partial charge is 0.467 e. The molecule has 0 aliphatic carbocycles. The average Bonchev–Trinajstić information content (AvgIpc) is 3.17. The van der Waals surface area contributed by atoms with Gasteiger partial charge in [-0.1, -0.05) is 11.6 Å². The Kier molecular flexibility index (Phi) is 6.08. The normalized spacial score (nSPS) is 22.0. The molecule has 0 N–H and O–H groups in total. The number of piperidine rings is 1. The second-order valence-electron chi connectivity index (χ2n) is 6.85. The fourth-order valence-corrected chi connectivity index (χ4v) is 5.34. The summed E-state index contributed by atoms with van der Waals surface area (Å²) in [5.74, 6) is -0.734. The number of benzene rings is 1. The van der Waals surface area contributed by atoms with Gasteiger partial charge in [-0.05, 0) is 49.9 Å². The van der Waals surface area contributed by atoms with Crippen LogP contribution in [0.1, 0.15) is 25.7 Å². The Morgan fingerprint density at radius 3 is 2.30 bits per heavy atom. The zero-order valence-corrected chi connectivity index (χ0v) is 16.7. The van der Waals surface area contributed by atoms with Gasteiger partial charge in [-0.3, -0.25) is 4.79 Å². The number of amides is 1. The minimum atomic E-state index is -3.60. The number of hydrogen-bond acceptors (Lipinski definition) is 5. The van der Waals surface area contributed by atoms with Crippen molar-refractivity contribution in [3.63, 3.8) is 0 Å². The maximum Gasteiger partial charge on any atom is 0.328 e. The molecule has 7 nitrogen and oxygen atoms in total. The van der Waals surface area contributed by atoms with Crippen LogP contribution in [0.2, 0.25) is 5.02 Å². The number of ether oxygens (including phenoxy) is 1. The molecule has 2 aliphatic rings. The molecule has 9 heteroatoms. The number of likely N-dealkylation sites (tertiary alicyclic amines) is 1. The maximum absolute atomic E-state index is 12.8. The van der Waals surface area contributed by atoms with E-state index in [1.807, 2.05) is 0 Å². The Labute approximate surface area is 164 Å². The molecule has 1 aromatic rings. The Bertz CT molecular complexity index is 804. The molecule has 1 aromatic carbocycles. The lowest BCUT2D eigenvalue weighted by Gasteiger charge is -2.33. The van der Waals surface area contributed by atoms with Crippen LogP contribution in [0.5, 0.6) is 0 Å². The zero-order valence-electron chi connectivity index (χ0n) is 15.1. The van der Waals surface area contributed by atoms with Crippen LogP contribution in [0, 0.1) is 5.92 Å². The lowest BCUT2D eigenvalue weighted by Crippen LogP contribution is -2.47. The van der Waals surface area contributed by atoms with Gasteiger partial charge in [0, 0.05) is 30.6 Å². The van der Waals surface area contributed by atoms with Crippen LogP contribution in [0.3, 0.4) is 0 Å². The highest BCUT2D eigenvalue weighted by Gasteiger charge is 2.39. The molecule has 3 rings (SSSR count). The van der Waals surface area contributed by atoms with Crippen LogP contribution >= 0.6 is 11.6 Å². The number of hydrogen-bond donors (Lipinski definition) is 0. The van der Waals surface area contributed by atoms with Gasteiger partial charge in [-0.2, -0.15) is 4.31 Å². The predicted molar refractivity (Wildman–Crippen MR) is 99.7 cm³/mol. The van der Waals surface area contributed by atoms with Crippen molar-refractivity contribution in [2.75, 3.05) is 26.7 Å². The second kappa shape index (κ2) is 8.16. The van der Waals surface area contributed by atoms with Crippen molar-refractivity contribution in [3.05, 3.63) is 29.3 Å². The molecular weight excluding hydrogens is 392 g/mol. The summed E-state index contributed by atoms with van der Waals surface area (Å²) in [7, 11) is -2.28. The van der Waals surface area contributed by atoms with E-state index in [0.29, 0.717) is 30.8 Å². The molecule has 0 unspecified atom stereocenters. The van der Waals surface area contributed by atoms with Crippen molar-refractivity contribution >= 4 is 33.5 Å². The Morgan fingerprint density at radius 1 is 1.07 bits per heavy atom. The fourth-order valence-electron chi connectivity index (χ4n) is 3.74. The number of nitrogens with zero attached hydrogens (tertiary/aromatic N) is 2. The predicted octanol–water partition coefficient (Wildman–Crippen LogP) is 1.90. The number of carbonyl (C=O) groups excluding carboxylic acids is 2. The lowest BCUT2D eigenvalue weighted by molar-refractivity contribution is -0.152. The number of carbonyl (C=O) groups is 2. The number of esters is 1. The molecule has 148 valence electrons. The van der Waals surface area contributed by atoms with Gasteiger partial charge in [0.15, 0.2) is 0 Å². The smallest absolute Gasteiger partial charge is 0.328 e. The molecular formula is C18H23ClN2O5S. The molecule has 2 saturated heterocycles. The third-order valence-corrected chi connectivity index (χ3v) is 7.43. The van der Waals surface area contributed by atoms with Crippen molar-refractivity contribution in [1.82, 2.24) is 9.21 Å². The van der Waals surface area contributed by atoms with Gasteiger partial charge in [-0.25, -0.2) is 13.2 Å². The van der Waals surface area contributed by atoms with Crippen molar-refractivity contribution in [1.29, 1.82) is 0 Å². The summed E-state index contributed by atoms with van der Waals surface area (Å²) in [6.45, 7) is 1.10. The van der Waals surface area contributed by atoms with Gasteiger partial charge >= 0.3 is 5.97 Å².